The molecule has 3 N–H and O–H groups in total. The molecule has 5 nitrogen and oxygen atoms in total. The van der Waals surface area contributed by atoms with Crippen LogP contribution in [0.15, 0.2) is 23.1 Å². The third-order valence-electron chi connectivity index (χ3n) is 2.86. The van der Waals surface area contributed by atoms with Gasteiger partial charge in [0.05, 0.1) is 11.6 Å². The summed E-state index contributed by atoms with van der Waals surface area (Å²) in [6.07, 6.45) is 0. The lowest BCUT2D eigenvalue weighted by molar-refractivity contribution is 0.116. The van der Waals surface area contributed by atoms with Gasteiger partial charge in [0.15, 0.2) is 0 Å². The largest absolute Gasteiger partial charge is 0.399 e. The lowest BCUT2D eigenvalue weighted by Gasteiger charge is -2.22. The van der Waals surface area contributed by atoms with Crippen molar-refractivity contribution >= 4 is 27.3 Å². The van der Waals surface area contributed by atoms with Gasteiger partial charge in [-0.2, -0.15) is 0 Å². The van der Waals surface area contributed by atoms with E-state index in [1.165, 1.54) is 18.2 Å². The van der Waals surface area contributed by atoms with Crippen LogP contribution >= 0.6 is 11.6 Å². The highest BCUT2D eigenvalue weighted by Gasteiger charge is 2.24. The van der Waals surface area contributed by atoms with Crippen LogP contribution in [-0.2, 0) is 14.8 Å². The number of anilines is 1. The van der Waals surface area contributed by atoms with Gasteiger partial charge in [-0.1, -0.05) is 25.4 Å². The van der Waals surface area contributed by atoms with E-state index < -0.39 is 10.0 Å². The molecule has 20 heavy (non-hydrogen) atoms. The minimum Gasteiger partial charge on any atom is -0.399 e. The van der Waals surface area contributed by atoms with Crippen molar-refractivity contribution in [1.82, 2.24) is 4.72 Å². The predicted octanol–water partition coefficient (Wildman–Crippen LogP) is 2.26. The van der Waals surface area contributed by atoms with Crippen LogP contribution in [0.4, 0.5) is 5.69 Å². The van der Waals surface area contributed by atoms with E-state index in [1.807, 2.05) is 20.8 Å². The molecule has 1 unspecified atom stereocenters. The maximum absolute atomic E-state index is 12.4. The molecule has 7 heteroatoms. The van der Waals surface area contributed by atoms with E-state index in [0.717, 1.165) is 0 Å². The van der Waals surface area contributed by atoms with E-state index in [2.05, 4.69) is 4.72 Å². The molecule has 0 bridgehead atoms. The van der Waals surface area contributed by atoms with Crippen LogP contribution < -0.4 is 10.5 Å². The standard InChI is InChI=1S/C13H21ClN2O3S/c1-4-19-8-12(9(2)3)16-20(17,18)13-6-5-10(15)7-11(13)14/h5-7,9,12,16H,4,8,15H2,1-3H3. The maximum atomic E-state index is 12.4. The summed E-state index contributed by atoms with van der Waals surface area (Å²) in [6.45, 7) is 6.57. The lowest BCUT2D eigenvalue weighted by atomic mass is 10.1. The smallest absolute Gasteiger partial charge is 0.242 e. The number of rotatable bonds is 7. The Bertz CT molecular complexity index is 547. The van der Waals surface area contributed by atoms with Crippen molar-refractivity contribution in [2.24, 2.45) is 5.92 Å². The Kier molecular flexibility index (Phi) is 6.26. The normalized spacial score (nSPS) is 13.7. The molecule has 0 radical (unpaired) electrons. The van der Waals surface area contributed by atoms with Gasteiger partial charge in [-0.05, 0) is 31.0 Å². The van der Waals surface area contributed by atoms with Gasteiger partial charge in [0.1, 0.15) is 4.90 Å². The van der Waals surface area contributed by atoms with Crippen molar-refractivity contribution in [1.29, 1.82) is 0 Å². The first-order valence-electron chi connectivity index (χ1n) is 6.43. The number of nitrogens with two attached hydrogens (primary N) is 1. The molecule has 1 aromatic carbocycles. The highest BCUT2D eigenvalue weighted by Crippen LogP contribution is 2.24. The van der Waals surface area contributed by atoms with Crippen LogP contribution in [0.5, 0.6) is 0 Å². The van der Waals surface area contributed by atoms with Gasteiger partial charge in [-0.25, -0.2) is 13.1 Å². The monoisotopic (exact) mass is 320 g/mol. The average Bonchev–Trinajstić information content (AvgIpc) is 2.33. The van der Waals surface area contributed by atoms with Gasteiger partial charge in [0, 0.05) is 18.3 Å². The Morgan fingerprint density at radius 1 is 1.40 bits per heavy atom. The quantitative estimate of drug-likeness (QED) is 0.755. The maximum Gasteiger partial charge on any atom is 0.242 e. The van der Waals surface area contributed by atoms with E-state index in [4.69, 9.17) is 22.1 Å². The Labute approximate surface area is 125 Å². The third kappa shape index (κ3) is 4.63. The molecular formula is C13H21ClN2O3S. The summed E-state index contributed by atoms with van der Waals surface area (Å²) < 4.78 is 32.6. The van der Waals surface area contributed by atoms with Gasteiger partial charge in [0.2, 0.25) is 10.0 Å². The van der Waals surface area contributed by atoms with Crippen molar-refractivity contribution in [3.05, 3.63) is 23.2 Å². The second-order valence-corrected chi connectivity index (χ2v) is 6.91. The zero-order valence-electron chi connectivity index (χ0n) is 11.9. The van der Waals surface area contributed by atoms with Crippen molar-refractivity contribution in [2.75, 3.05) is 18.9 Å². The lowest BCUT2D eigenvalue weighted by Crippen LogP contribution is -2.41. The molecule has 0 fully saturated rings. The predicted molar refractivity (Wildman–Crippen MR) is 81.3 cm³/mol. The Morgan fingerprint density at radius 2 is 2.05 bits per heavy atom. The third-order valence-corrected chi connectivity index (χ3v) is 4.83. The van der Waals surface area contributed by atoms with E-state index in [0.29, 0.717) is 18.9 Å². The first kappa shape index (κ1) is 17.2. The number of hydrogen-bond donors (Lipinski definition) is 2. The summed E-state index contributed by atoms with van der Waals surface area (Å²) in [6, 6.07) is 4.02. The van der Waals surface area contributed by atoms with E-state index >= 15 is 0 Å². The number of benzene rings is 1. The molecule has 0 aliphatic heterocycles. The minimum atomic E-state index is -3.70. The summed E-state index contributed by atoms with van der Waals surface area (Å²) in [5.74, 6) is 0.101. The van der Waals surface area contributed by atoms with E-state index in [9.17, 15) is 8.42 Å². The number of nitrogens with one attached hydrogen (secondary N) is 1. The van der Waals surface area contributed by atoms with Crippen LogP contribution in [-0.4, -0.2) is 27.7 Å². The minimum absolute atomic E-state index is 0.0236. The zero-order chi connectivity index (χ0) is 15.3. The Balaban J connectivity index is 2.97. The first-order valence-corrected chi connectivity index (χ1v) is 8.29. The molecule has 0 saturated heterocycles. The Morgan fingerprint density at radius 3 is 2.55 bits per heavy atom. The molecule has 0 amide bonds. The van der Waals surface area contributed by atoms with E-state index in [-0.39, 0.29) is 21.9 Å². The summed E-state index contributed by atoms with van der Waals surface area (Å²) >= 11 is 5.95. The number of sulfonamides is 1. The van der Waals surface area contributed by atoms with Gasteiger partial charge < -0.3 is 10.5 Å². The fourth-order valence-electron chi connectivity index (χ4n) is 1.61. The number of nitrogen functional groups attached to an aromatic ring is 1. The highest BCUT2D eigenvalue weighted by molar-refractivity contribution is 7.89. The molecule has 0 aliphatic carbocycles. The van der Waals surface area contributed by atoms with Crippen molar-refractivity contribution in [3.63, 3.8) is 0 Å². The number of halogens is 1. The Hall–Kier alpha value is -0.820. The van der Waals surface area contributed by atoms with Crippen molar-refractivity contribution in [2.45, 2.75) is 31.7 Å². The SMILES string of the molecule is CCOCC(NS(=O)(=O)c1ccc(N)cc1Cl)C(C)C. The molecule has 1 atom stereocenters. The second-order valence-electron chi connectivity index (χ2n) is 4.82. The summed E-state index contributed by atoms with van der Waals surface area (Å²) in [5.41, 5.74) is 5.99. The molecule has 0 aromatic heterocycles. The summed E-state index contributed by atoms with van der Waals surface area (Å²) in [5, 5.41) is 0.108. The molecule has 1 rings (SSSR count). The molecule has 0 saturated carbocycles. The molecule has 0 spiro atoms. The van der Waals surface area contributed by atoms with Gasteiger partial charge in [-0.15, -0.1) is 0 Å². The number of hydrogen-bond acceptors (Lipinski definition) is 4. The fraction of sp³-hybridized carbons (Fsp3) is 0.538. The molecule has 114 valence electrons. The van der Waals surface area contributed by atoms with E-state index in [1.54, 1.807) is 0 Å². The summed E-state index contributed by atoms with van der Waals surface area (Å²) in [4.78, 5) is 0.0236. The van der Waals surface area contributed by atoms with Gasteiger partial charge in [0.25, 0.3) is 0 Å². The first-order chi connectivity index (χ1) is 9.27. The molecule has 1 aromatic rings. The topological polar surface area (TPSA) is 81.4 Å². The highest BCUT2D eigenvalue weighted by atomic mass is 35.5. The van der Waals surface area contributed by atoms with Crippen LogP contribution in [0.25, 0.3) is 0 Å². The second kappa shape index (κ2) is 7.26. The van der Waals surface area contributed by atoms with Crippen LogP contribution in [0.1, 0.15) is 20.8 Å². The van der Waals surface area contributed by atoms with Crippen molar-refractivity contribution < 1.29 is 13.2 Å². The summed E-state index contributed by atoms with van der Waals surface area (Å²) in [7, 11) is -3.70. The van der Waals surface area contributed by atoms with Gasteiger partial charge in [-0.3, -0.25) is 0 Å². The molecular weight excluding hydrogens is 300 g/mol. The fourth-order valence-corrected chi connectivity index (χ4v) is 3.53. The van der Waals surface area contributed by atoms with Crippen LogP contribution in [0.3, 0.4) is 0 Å². The van der Waals surface area contributed by atoms with Crippen LogP contribution in [0.2, 0.25) is 5.02 Å². The van der Waals surface area contributed by atoms with Crippen molar-refractivity contribution in [3.8, 4) is 0 Å². The number of ether oxygens (including phenoxy) is 1. The average molecular weight is 321 g/mol. The van der Waals surface area contributed by atoms with Gasteiger partial charge >= 0.3 is 0 Å². The molecule has 0 aliphatic rings. The van der Waals surface area contributed by atoms with Crippen LogP contribution in [0, 0.1) is 5.92 Å². The zero-order valence-corrected chi connectivity index (χ0v) is 13.5. The molecule has 0 heterocycles.